The fraction of sp³-hybridized carbons (Fsp3) is 0.611. The molecule has 0 aromatic carbocycles. The Morgan fingerprint density at radius 2 is 1.97 bits per heavy atom. The molecule has 170 valence electrons. The van der Waals surface area contributed by atoms with E-state index in [1.54, 1.807) is 0 Å². The summed E-state index contributed by atoms with van der Waals surface area (Å²) in [7, 11) is 1.53. The SMILES string of the molecule is C[C@H]1C[C@@]2(C[C@@H](c3cn(C)nn3)N1C(=O)C(F)(F)F)OCCc1cc(C(F)(F)F)sc12. The van der Waals surface area contributed by atoms with Crippen LogP contribution in [0.3, 0.4) is 0 Å². The van der Waals surface area contributed by atoms with Crippen molar-refractivity contribution in [1.82, 2.24) is 19.9 Å². The first-order valence-corrected chi connectivity index (χ1v) is 10.2. The number of carbonyl (C=O) groups is 1. The van der Waals surface area contributed by atoms with E-state index >= 15 is 0 Å². The number of aryl methyl sites for hydroxylation is 1. The number of hydrogen-bond acceptors (Lipinski definition) is 5. The summed E-state index contributed by atoms with van der Waals surface area (Å²) < 4.78 is 87.2. The summed E-state index contributed by atoms with van der Waals surface area (Å²) in [6.07, 6.45) is -8.18. The van der Waals surface area contributed by atoms with E-state index in [2.05, 4.69) is 10.3 Å². The first kappa shape index (κ1) is 22.1. The molecule has 0 aliphatic carbocycles. The quantitative estimate of drug-likeness (QED) is 0.595. The van der Waals surface area contributed by atoms with Crippen LogP contribution in [0, 0.1) is 0 Å². The number of rotatable bonds is 1. The molecule has 1 spiro atoms. The van der Waals surface area contributed by atoms with Gasteiger partial charge in [-0.15, -0.1) is 16.4 Å². The molecule has 1 amide bonds. The van der Waals surface area contributed by atoms with Crippen molar-refractivity contribution in [3.63, 3.8) is 0 Å². The molecule has 31 heavy (non-hydrogen) atoms. The second kappa shape index (κ2) is 7.19. The third-order valence-corrected chi connectivity index (χ3v) is 7.06. The number of hydrogen-bond donors (Lipinski definition) is 0. The van der Waals surface area contributed by atoms with Crippen molar-refractivity contribution in [3.8, 4) is 0 Å². The maximum Gasteiger partial charge on any atom is 0.471 e. The smallest absolute Gasteiger partial charge is 0.369 e. The van der Waals surface area contributed by atoms with Crippen LogP contribution >= 0.6 is 11.3 Å². The van der Waals surface area contributed by atoms with E-state index in [1.165, 1.54) is 24.9 Å². The minimum atomic E-state index is -5.11. The maximum atomic E-state index is 13.3. The number of alkyl halides is 6. The fourth-order valence-electron chi connectivity index (χ4n) is 4.49. The molecule has 6 nitrogen and oxygen atoms in total. The summed E-state index contributed by atoms with van der Waals surface area (Å²) in [5.41, 5.74) is -0.648. The van der Waals surface area contributed by atoms with Gasteiger partial charge in [0.2, 0.25) is 0 Å². The summed E-state index contributed by atoms with van der Waals surface area (Å²) in [6.45, 7) is 1.57. The van der Waals surface area contributed by atoms with E-state index in [-0.39, 0.29) is 31.6 Å². The zero-order chi connectivity index (χ0) is 22.8. The van der Waals surface area contributed by atoms with E-state index in [9.17, 15) is 31.1 Å². The van der Waals surface area contributed by atoms with E-state index in [4.69, 9.17) is 4.74 Å². The molecule has 1 saturated heterocycles. The van der Waals surface area contributed by atoms with Gasteiger partial charge in [0.15, 0.2) is 0 Å². The Balaban J connectivity index is 1.80. The van der Waals surface area contributed by atoms with Crippen LogP contribution in [-0.4, -0.2) is 44.6 Å². The monoisotopic (exact) mass is 468 g/mol. The predicted molar refractivity (Wildman–Crippen MR) is 96.0 cm³/mol. The average molecular weight is 468 g/mol. The molecule has 2 aliphatic rings. The average Bonchev–Trinajstić information content (AvgIpc) is 3.27. The van der Waals surface area contributed by atoms with E-state index < -0.39 is 40.8 Å². The highest BCUT2D eigenvalue weighted by atomic mass is 32.1. The summed E-state index contributed by atoms with van der Waals surface area (Å²) >= 11 is 0.550. The largest absolute Gasteiger partial charge is 0.471 e. The van der Waals surface area contributed by atoms with E-state index in [1.807, 2.05) is 0 Å². The fourth-order valence-corrected chi connectivity index (χ4v) is 5.74. The van der Waals surface area contributed by atoms with Crippen LogP contribution in [0.25, 0.3) is 0 Å². The van der Waals surface area contributed by atoms with E-state index in [0.29, 0.717) is 26.7 Å². The first-order valence-electron chi connectivity index (χ1n) is 9.42. The lowest BCUT2D eigenvalue weighted by Gasteiger charge is -2.50. The van der Waals surface area contributed by atoms with Gasteiger partial charge in [0, 0.05) is 30.8 Å². The molecule has 1 fully saturated rings. The Morgan fingerprint density at radius 1 is 1.26 bits per heavy atom. The highest BCUT2D eigenvalue weighted by Gasteiger charge is 2.55. The van der Waals surface area contributed by atoms with Crippen molar-refractivity contribution in [1.29, 1.82) is 0 Å². The Bertz CT molecular complexity index is 1000. The Hall–Kier alpha value is -2.15. The lowest BCUT2D eigenvalue weighted by molar-refractivity contribution is -0.201. The molecular formula is C18H18F6N4O2S. The summed E-state index contributed by atoms with van der Waals surface area (Å²) in [4.78, 5) is 12.5. The van der Waals surface area contributed by atoms with Crippen molar-refractivity contribution >= 4 is 17.2 Å². The minimum Gasteiger partial charge on any atom is -0.369 e. The van der Waals surface area contributed by atoms with Gasteiger partial charge in [0.25, 0.3) is 0 Å². The third-order valence-electron chi connectivity index (χ3n) is 5.65. The molecule has 0 N–H and O–H groups in total. The van der Waals surface area contributed by atoms with Crippen LogP contribution in [0.5, 0.6) is 0 Å². The summed E-state index contributed by atoms with van der Waals surface area (Å²) in [5, 5.41) is 7.63. The Morgan fingerprint density at radius 3 is 2.55 bits per heavy atom. The van der Waals surface area contributed by atoms with Crippen LogP contribution in [-0.2, 0) is 34.8 Å². The van der Waals surface area contributed by atoms with Crippen molar-refractivity contribution in [2.24, 2.45) is 7.05 Å². The first-order chi connectivity index (χ1) is 14.3. The molecule has 2 aromatic rings. The number of halogens is 6. The molecule has 0 radical (unpaired) electrons. The highest BCUT2D eigenvalue weighted by molar-refractivity contribution is 7.12. The van der Waals surface area contributed by atoms with Gasteiger partial charge in [-0.2, -0.15) is 26.3 Å². The zero-order valence-electron chi connectivity index (χ0n) is 16.4. The van der Waals surface area contributed by atoms with Crippen LogP contribution in [0.4, 0.5) is 26.3 Å². The van der Waals surface area contributed by atoms with Crippen molar-refractivity contribution < 1.29 is 35.9 Å². The lowest BCUT2D eigenvalue weighted by atomic mass is 9.77. The second-order valence-electron chi connectivity index (χ2n) is 7.86. The summed E-state index contributed by atoms with van der Waals surface area (Å²) in [6, 6.07) is -1.04. The van der Waals surface area contributed by atoms with Gasteiger partial charge in [-0.25, -0.2) is 0 Å². The van der Waals surface area contributed by atoms with Crippen molar-refractivity contribution in [2.45, 2.75) is 56.2 Å². The highest BCUT2D eigenvalue weighted by Crippen LogP contribution is 2.53. The number of fused-ring (bicyclic) bond motifs is 2. The Labute approximate surface area is 176 Å². The third kappa shape index (κ3) is 3.81. The molecule has 0 unspecified atom stereocenters. The molecule has 2 aliphatic heterocycles. The molecule has 0 bridgehead atoms. The van der Waals surface area contributed by atoms with E-state index in [0.717, 1.165) is 6.07 Å². The molecule has 13 heteroatoms. The van der Waals surface area contributed by atoms with Gasteiger partial charge in [-0.1, -0.05) is 5.21 Å². The van der Waals surface area contributed by atoms with Crippen LogP contribution in [0.15, 0.2) is 12.3 Å². The lowest BCUT2D eigenvalue weighted by Crippen LogP contribution is -2.56. The number of thiophene rings is 1. The number of amides is 1. The topological polar surface area (TPSA) is 60.2 Å². The molecule has 3 atom stereocenters. The molecule has 4 heterocycles. The Kier molecular flexibility index (Phi) is 5.11. The van der Waals surface area contributed by atoms with Gasteiger partial charge >= 0.3 is 18.3 Å². The van der Waals surface area contributed by atoms with Gasteiger partial charge < -0.3 is 9.64 Å². The van der Waals surface area contributed by atoms with Crippen molar-refractivity contribution in [2.75, 3.05) is 6.61 Å². The summed E-state index contributed by atoms with van der Waals surface area (Å²) in [5.74, 6) is -2.02. The number of piperidine rings is 1. The molecule has 4 rings (SSSR count). The van der Waals surface area contributed by atoms with Gasteiger partial charge in [-0.05, 0) is 25.0 Å². The van der Waals surface area contributed by atoms with Gasteiger partial charge in [-0.3, -0.25) is 9.48 Å². The molecular weight excluding hydrogens is 450 g/mol. The standard InChI is InChI=1S/C18H18F6N4O2S/c1-9-6-16(14-10(3-4-30-16)5-13(31-14)17(19,20)21)7-12(11-8-27(2)26-25-11)28(9)15(29)18(22,23)24/h5,8-9,12H,3-4,6-7H2,1-2H3/t9-,12-,16-/m0/s1. The second-order valence-corrected chi connectivity index (χ2v) is 8.91. The molecule has 2 aromatic heterocycles. The molecule has 0 saturated carbocycles. The predicted octanol–water partition coefficient (Wildman–Crippen LogP) is 3.98. The number of aromatic nitrogens is 3. The normalized spacial score (nSPS) is 26.9. The minimum absolute atomic E-state index is 0.0591. The van der Waals surface area contributed by atoms with Gasteiger partial charge in [0.1, 0.15) is 16.2 Å². The van der Waals surface area contributed by atoms with Crippen molar-refractivity contribution in [3.05, 3.63) is 33.3 Å². The van der Waals surface area contributed by atoms with Gasteiger partial charge in [0.05, 0.1) is 18.8 Å². The van der Waals surface area contributed by atoms with Crippen LogP contribution in [0.2, 0.25) is 0 Å². The zero-order valence-corrected chi connectivity index (χ0v) is 17.2. The number of carbonyl (C=O) groups excluding carboxylic acids is 1. The van der Waals surface area contributed by atoms with Crippen LogP contribution in [0.1, 0.15) is 46.8 Å². The number of likely N-dealkylation sites (tertiary alicyclic amines) is 1. The maximum absolute atomic E-state index is 13.3. The number of nitrogens with zero attached hydrogens (tertiary/aromatic N) is 4. The van der Waals surface area contributed by atoms with Crippen LogP contribution < -0.4 is 0 Å². The number of ether oxygens (including phenoxy) is 1.